The largest absolute Gasteiger partial charge is 0.318 e. The van der Waals surface area contributed by atoms with Crippen molar-refractivity contribution >= 4 is 17.7 Å². The number of thioether (sulfide) groups is 1. The Morgan fingerprint density at radius 3 is 3.10 bits per heavy atom. The Kier molecular flexibility index (Phi) is 2.53. The summed E-state index contributed by atoms with van der Waals surface area (Å²) in [6.45, 7) is 0.319. The highest BCUT2D eigenvalue weighted by Gasteiger charge is 2.29. The third kappa shape index (κ3) is 1.42. The zero-order chi connectivity index (χ0) is 7.56. The maximum atomic E-state index is 11.0. The molecule has 0 aliphatic carbocycles. The number of carbonyl (C=O) groups excluding carboxylic acids is 1. The van der Waals surface area contributed by atoms with Crippen LogP contribution in [0.5, 0.6) is 0 Å². The summed E-state index contributed by atoms with van der Waals surface area (Å²) in [6.07, 6.45) is 1.90. The molecule has 0 radical (unpaired) electrons. The van der Waals surface area contributed by atoms with Crippen LogP contribution in [0.2, 0.25) is 0 Å². The van der Waals surface area contributed by atoms with E-state index in [1.807, 2.05) is 6.26 Å². The third-order valence-electron chi connectivity index (χ3n) is 1.22. The zero-order valence-electron chi connectivity index (χ0n) is 5.74. The maximum absolute atomic E-state index is 11.0. The third-order valence-corrected chi connectivity index (χ3v) is 1.71. The Balaban J connectivity index is 2.41. The highest BCUT2D eigenvalue weighted by Crippen LogP contribution is 2.08. The van der Waals surface area contributed by atoms with Gasteiger partial charge in [-0.3, -0.25) is 9.63 Å². The summed E-state index contributed by atoms with van der Waals surface area (Å²) < 4.78 is 0. The number of amides is 1. The summed E-state index contributed by atoms with van der Waals surface area (Å²) >= 11 is 1.53. The molecular formula is C5H10N2O2S. The minimum Gasteiger partial charge on any atom is -0.318 e. The van der Waals surface area contributed by atoms with Gasteiger partial charge in [0, 0.05) is 0 Å². The molecule has 1 heterocycles. The van der Waals surface area contributed by atoms with E-state index in [4.69, 9.17) is 10.6 Å². The molecule has 1 saturated heterocycles. The topological polar surface area (TPSA) is 55.6 Å². The van der Waals surface area contributed by atoms with Crippen molar-refractivity contribution < 1.29 is 9.63 Å². The molecule has 1 amide bonds. The molecule has 10 heavy (non-hydrogen) atoms. The first-order chi connectivity index (χ1) is 4.75. The van der Waals surface area contributed by atoms with Crippen molar-refractivity contribution in [2.24, 2.45) is 5.73 Å². The number of nitrogens with two attached hydrogens (primary N) is 1. The lowest BCUT2D eigenvalue weighted by Crippen LogP contribution is -2.34. The molecule has 0 saturated carbocycles. The van der Waals surface area contributed by atoms with Gasteiger partial charge in [0.15, 0.2) is 0 Å². The minimum absolute atomic E-state index is 0.116. The maximum Gasteiger partial charge on any atom is 0.266 e. The van der Waals surface area contributed by atoms with E-state index < -0.39 is 6.04 Å². The molecule has 58 valence electrons. The van der Waals surface area contributed by atoms with Crippen LogP contribution in [-0.2, 0) is 9.63 Å². The van der Waals surface area contributed by atoms with Crippen LogP contribution in [0.1, 0.15) is 0 Å². The first-order valence-electron chi connectivity index (χ1n) is 2.94. The van der Waals surface area contributed by atoms with Gasteiger partial charge in [0.25, 0.3) is 5.91 Å². The van der Waals surface area contributed by atoms with Crippen LogP contribution in [0.3, 0.4) is 0 Å². The van der Waals surface area contributed by atoms with Crippen LogP contribution in [0.15, 0.2) is 0 Å². The molecule has 0 aromatic carbocycles. The lowest BCUT2D eigenvalue weighted by atomic mass is 10.3. The van der Waals surface area contributed by atoms with Crippen molar-refractivity contribution in [3.63, 3.8) is 0 Å². The average Bonchev–Trinajstić information content (AvgIpc) is 2.20. The molecule has 2 N–H and O–H groups in total. The second-order valence-corrected chi connectivity index (χ2v) is 2.87. The van der Waals surface area contributed by atoms with Crippen molar-refractivity contribution in [3.05, 3.63) is 0 Å². The van der Waals surface area contributed by atoms with Crippen LogP contribution in [0, 0.1) is 0 Å². The van der Waals surface area contributed by atoms with Gasteiger partial charge in [-0.15, -0.1) is 11.8 Å². The van der Waals surface area contributed by atoms with E-state index in [-0.39, 0.29) is 5.91 Å². The molecular weight excluding hydrogens is 152 g/mol. The smallest absolute Gasteiger partial charge is 0.266 e. The van der Waals surface area contributed by atoms with E-state index in [0.29, 0.717) is 12.5 Å². The fraction of sp³-hybridized carbons (Fsp3) is 0.800. The van der Waals surface area contributed by atoms with Crippen LogP contribution in [-0.4, -0.2) is 35.8 Å². The molecule has 5 heteroatoms. The number of carbonyl (C=O) groups is 1. The van der Waals surface area contributed by atoms with E-state index in [2.05, 4.69) is 0 Å². The van der Waals surface area contributed by atoms with Crippen LogP contribution in [0.4, 0.5) is 0 Å². The summed E-state index contributed by atoms with van der Waals surface area (Å²) in [4.78, 5) is 15.9. The molecule has 4 nitrogen and oxygen atoms in total. The molecule has 0 aromatic rings. The summed E-state index contributed by atoms with van der Waals surface area (Å²) in [6, 6.07) is -0.452. The molecule has 0 unspecified atom stereocenters. The summed E-state index contributed by atoms with van der Waals surface area (Å²) in [7, 11) is 0. The highest BCUT2D eigenvalue weighted by molar-refractivity contribution is 7.98. The van der Waals surface area contributed by atoms with Gasteiger partial charge >= 0.3 is 0 Å². The quantitative estimate of drug-likeness (QED) is 0.589. The van der Waals surface area contributed by atoms with Crippen LogP contribution in [0.25, 0.3) is 0 Å². The monoisotopic (exact) mass is 162 g/mol. The molecule has 0 aromatic heterocycles. The van der Waals surface area contributed by atoms with E-state index in [1.165, 1.54) is 16.8 Å². The summed E-state index contributed by atoms with van der Waals surface area (Å²) in [5.41, 5.74) is 5.37. The standard InChI is InChI=1S/C5H10N2O2S/c1-10-3-7-5(8)4(6)2-9-7/h4H,2-3,6H2,1H3/t4-/m0/s1. The fourth-order valence-corrected chi connectivity index (χ4v) is 1.14. The Labute approximate surface area is 63.6 Å². The van der Waals surface area contributed by atoms with Crippen LogP contribution < -0.4 is 5.73 Å². The predicted molar refractivity (Wildman–Crippen MR) is 39.2 cm³/mol. The number of hydrogen-bond acceptors (Lipinski definition) is 4. The lowest BCUT2D eigenvalue weighted by Gasteiger charge is -2.10. The Hall–Kier alpha value is -0.260. The summed E-state index contributed by atoms with van der Waals surface area (Å²) in [5, 5.41) is 1.30. The molecule has 1 fully saturated rings. The highest BCUT2D eigenvalue weighted by atomic mass is 32.2. The summed E-state index contributed by atoms with van der Waals surface area (Å²) in [5.74, 6) is 0.446. The second-order valence-electron chi connectivity index (χ2n) is 2.04. The first-order valence-corrected chi connectivity index (χ1v) is 4.34. The van der Waals surface area contributed by atoms with Crippen molar-refractivity contribution in [2.75, 3.05) is 18.7 Å². The van der Waals surface area contributed by atoms with Gasteiger partial charge in [-0.2, -0.15) is 0 Å². The first kappa shape index (κ1) is 7.84. The Morgan fingerprint density at radius 1 is 2.00 bits per heavy atom. The molecule has 0 bridgehead atoms. The normalized spacial score (nSPS) is 26.0. The zero-order valence-corrected chi connectivity index (χ0v) is 6.56. The van der Waals surface area contributed by atoms with E-state index in [1.54, 1.807) is 0 Å². The van der Waals surface area contributed by atoms with Gasteiger partial charge in [-0.1, -0.05) is 0 Å². The fourth-order valence-electron chi connectivity index (χ4n) is 0.708. The van der Waals surface area contributed by atoms with Crippen molar-refractivity contribution in [3.8, 4) is 0 Å². The number of nitrogens with zero attached hydrogens (tertiary/aromatic N) is 1. The van der Waals surface area contributed by atoms with Crippen molar-refractivity contribution in [1.29, 1.82) is 0 Å². The van der Waals surface area contributed by atoms with Gasteiger partial charge < -0.3 is 5.73 Å². The number of rotatable bonds is 2. The predicted octanol–water partition coefficient (Wildman–Crippen LogP) is -0.592. The van der Waals surface area contributed by atoms with Gasteiger partial charge in [-0.05, 0) is 6.26 Å². The van der Waals surface area contributed by atoms with Gasteiger partial charge in [0.2, 0.25) is 0 Å². The van der Waals surface area contributed by atoms with Crippen molar-refractivity contribution in [1.82, 2.24) is 5.06 Å². The van der Waals surface area contributed by atoms with Gasteiger partial charge in [-0.25, -0.2) is 5.06 Å². The Morgan fingerprint density at radius 2 is 2.70 bits per heavy atom. The SMILES string of the molecule is CSCN1OC[C@H](N)C1=O. The molecule has 1 aliphatic heterocycles. The molecule has 1 rings (SSSR count). The molecule has 1 atom stereocenters. The van der Waals surface area contributed by atoms with E-state index >= 15 is 0 Å². The molecule has 0 spiro atoms. The van der Waals surface area contributed by atoms with Crippen molar-refractivity contribution in [2.45, 2.75) is 6.04 Å². The van der Waals surface area contributed by atoms with Gasteiger partial charge in [0.05, 0.1) is 12.5 Å². The van der Waals surface area contributed by atoms with Gasteiger partial charge in [0.1, 0.15) is 6.04 Å². The van der Waals surface area contributed by atoms with E-state index in [9.17, 15) is 4.79 Å². The van der Waals surface area contributed by atoms with E-state index in [0.717, 1.165) is 0 Å². The minimum atomic E-state index is -0.452. The Bertz CT molecular complexity index is 140. The number of hydroxylamine groups is 2. The van der Waals surface area contributed by atoms with Crippen LogP contribution >= 0.6 is 11.8 Å². The molecule has 1 aliphatic rings. The second kappa shape index (κ2) is 3.23. The average molecular weight is 162 g/mol. The lowest BCUT2D eigenvalue weighted by molar-refractivity contribution is -0.156. The number of hydrogen-bond donors (Lipinski definition) is 1.